The Kier molecular flexibility index (Phi) is 5.86. The second kappa shape index (κ2) is 8.21. The van der Waals surface area contributed by atoms with Gasteiger partial charge in [0.1, 0.15) is 18.1 Å². The van der Waals surface area contributed by atoms with E-state index in [9.17, 15) is 18.0 Å². The molecule has 0 spiro atoms. The number of alkyl halides is 3. The van der Waals surface area contributed by atoms with Gasteiger partial charge in [-0.2, -0.15) is 18.3 Å². The summed E-state index contributed by atoms with van der Waals surface area (Å²) in [6, 6.07) is 4.54. The van der Waals surface area contributed by atoms with Crippen molar-refractivity contribution < 1.29 is 27.2 Å². The number of nitrogens with zero attached hydrogens (tertiary/aromatic N) is 4. The average Bonchev–Trinajstić information content (AvgIpc) is 3.20. The Balaban J connectivity index is 1.75. The SMILES string of the molecule is Cc1nn(C)cc1CN(C)C(=O)c1noc(C)c1COc1cccc(C(F)(F)F)c1. The molecule has 160 valence electrons. The van der Waals surface area contributed by atoms with Crippen molar-refractivity contribution in [1.82, 2.24) is 19.8 Å². The van der Waals surface area contributed by atoms with Crippen molar-refractivity contribution in [3.05, 3.63) is 64.3 Å². The Morgan fingerprint density at radius 2 is 2.03 bits per heavy atom. The van der Waals surface area contributed by atoms with Gasteiger partial charge in [-0.15, -0.1) is 0 Å². The smallest absolute Gasteiger partial charge is 0.416 e. The van der Waals surface area contributed by atoms with Crippen LogP contribution in [-0.4, -0.2) is 32.8 Å². The highest BCUT2D eigenvalue weighted by molar-refractivity contribution is 5.93. The summed E-state index contributed by atoms with van der Waals surface area (Å²) >= 11 is 0. The Morgan fingerprint density at radius 3 is 2.67 bits per heavy atom. The zero-order chi connectivity index (χ0) is 22.1. The number of benzene rings is 1. The first-order valence-corrected chi connectivity index (χ1v) is 9.06. The van der Waals surface area contributed by atoms with Gasteiger partial charge in [0, 0.05) is 32.4 Å². The second-order valence-electron chi connectivity index (χ2n) is 6.95. The number of aryl methyl sites for hydroxylation is 3. The van der Waals surface area contributed by atoms with Crippen molar-refractivity contribution in [2.45, 2.75) is 33.2 Å². The van der Waals surface area contributed by atoms with E-state index in [4.69, 9.17) is 9.26 Å². The summed E-state index contributed by atoms with van der Waals surface area (Å²) in [5, 5.41) is 8.08. The van der Waals surface area contributed by atoms with Crippen LogP contribution < -0.4 is 4.74 Å². The third-order valence-corrected chi connectivity index (χ3v) is 4.60. The monoisotopic (exact) mass is 422 g/mol. The van der Waals surface area contributed by atoms with Crippen LogP contribution in [-0.2, 0) is 26.4 Å². The molecule has 0 fully saturated rings. The predicted octanol–water partition coefficient (Wildman–Crippen LogP) is 3.89. The fourth-order valence-corrected chi connectivity index (χ4v) is 2.96. The quantitative estimate of drug-likeness (QED) is 0.603. The highest BCUT2D eigenvalue weighted by Gasteiger charge is 2.31. The molecule has 3 aromatic rings. The number of carbonyl (C=O) groups excluding carboxylic acids is 1. The third kappa shape index (κ3) is 4.64. The molecule has 0 saturated carbocycles. The lowest BCUT2D eigenvalue weighted by Gasteiger charge is -2.16. The first kappa shape index (κ1) is 21.4. The number of hydrogen-bond acceptors (Lipinski definition) is 5. The summed E-state index contributed by atoms with van der Waals surface area (Å²) in [4.78, 5) is 14.3. The molecular weight excluding hydrogens is 401 g/mol. The fraction of sp³-hybridized carbons (Fsp3) is 0.350. The molecular formula is C20H21F3N4O3. The van der Waals surface area contributed by atoms with Gasteiger partial charge in [0.05, 0.1) is 16.8 Å². The summed E-state index contributed by atoms with van der Waals surface area (Å²) in [6.45, 7) is 3.62. The van der Waals surface area contributed by atoms with E-state index in [1.807, 2.05) is 13.1 Å². The van der Waals surface area contributed by atoms with Gasteiger partial charge in [-0.25, -0.2) is 0 Å². The lowest BCUT2D eigenvalue weighted by Crippen LogP contribution is -2.27. The maximum atomic E-state index is 12.9. The number of hydrogen-bond donors (Lipinski definition) is 0. The van der Waals surface area contributed by atoms with Crippen LogP contribution in [0.15, 0.2) is 35.0 Å². The molecule has 1 aromatic carbocycles. The highest BCUT2D eigenvalue weighted by Crippen LogP contribution is 2.31. The van der Waals surface area contributed by atoms with Gasteiger partial charge < -0.3 is 14.2 Å². The van der Waals surface area contributed by atoms with E-state index in [-0.39, 0.29) is 18.1 Å². The van der Waals surface area contributed by atoms with Gasteiger partial charge in [-0.05, 0) is 32.0 Å². The zero-order valence-corrected chi connectivity index (χ0v) is 16.9. The molecule has 30 heavy (non-hydrogen) atoms. The molecule has 0 N–H and O–H groups in total. The molecule has 10 heteroatoms. The molecule has 0 atom stereocenters. The summed E-state index contributed by atoms with van der Waals surface area (Å²) in [7, 11) is 3.42. The summed E-state index contributed by atoms with van der Waals surface area (Å²) in [5.74, 6) is -0.00260. The fourth-order valence-electron chi connectivity index (χ4n) is 2.96. The van der Waals surface area contributed by atoms with Crippen LogP contribution >= 0.6 is 0 Å². The Hall–Kier alpha value is -3.30. The Bertz CT molecular complexity index is 1060. The van der Waals surface area contributed by atoms with Gasteiger partial charge in [0.2, 0.25) is 0 Å². The van der Waals surface area contributed by atoms with Crippen molar-refractivity contribution in [2.75, 3.05) is 7.05 Å². The van der Waals surface area contributed by atoms with Gasteiger partial charge >= 0.3 is 6.18 Å². The maximum absolute atomic E-state index is 12.9. The molecule has 1 amide bonds. The molecule has 0 aliphatic heterocycles. The van der Waals surface area contributed by atoms with Crippen LogP contribution in [0.2, 0.25) is 0 Å². The number of ether oxygens (including phenoxy) is 1. The van der Waals surface area contributed by atoms with Crippen molar-refractivity contribution in [3.63, 3.8) is 0 Å². The molecule has 2 heterocycles. The maximum Gasteiger partial charge on any atom is 0.416 e. The third-order valence-electron chi connectivity index (χ3n) is 4.60. The number of halogens is 3. The number of carbonyl (C=O) groups is 1. The molecule has 0 radical (unpaired) electrons. The lowest BCUT2D eigenvalue weighted by atomic mass is 10.1. The van der Waals surface area contributed by atoms with Gasteiger partial charge in [-0.1, -0.05) is 11.2 Å². The van der Waals surface area contributed by atoms with E-state index in [2.05, 4.69) is 10.3 Å². The molecule has 3 rings (SSSR count). The topological polar surface area (TPSA) is 73.4 Å². The number of amides is 1. The van der Waals surface area contributed by atoms with Crippen LogP contribution in [0.3, 0.4) is 0 Å². The molecule has 0 bridgehead atoms. The molecule has 0 aliphatic carbocycles. The van der Waals surface area contributed by atoms with Gasteiger partial charge in [0.15, 0.2) is 5.69 Å². The summed E-state index contributed by atoms with van der Waals surface area (Å²) < 4.78 is 50.9. The largest absolute Gasteiger partial charge is 0.489 e. The van der Waals surface area contributed by atoms with E-state index in [1.54, 1.807) is 25.7 Å². The van der Waals surface area contributed by atoms with E-state index >= 15 is 0 Å². The number of aromatic nitrogens is 3. The average molecular weight is 422 g/mol. The normalized spacial score (nSPS) is 11.6. The summed E-state index contributed by atoms with van der Waals surface area (Å²) in [6.07, 6.45) is -2.65. The van der Waals surface area contributed by atoms with Gasteiger partial charge in [-0.3, -0.25) is 9.48 Å². The van der Waals surface area contributed by atoms with Crippen molar-refractivity contribution >= 4 is 5.91 Å². The Morgan fingerprint density at radius 1 is 1.30 bits per heavy atom. The molecule has 7 nitrogen and oxygen atoms in total. The minimum Gasteiger partial charge on any atom is -0.489 e. The van der Waals surface area contributed by atoms with E-state index < -0.39 is 17.6 Å². The minimum atomic E-state index is -4.47. The van der Waals surface area contributed by atoms with Crippen molar-refractivity contribution in [2.24, 2.45) is 7.05 Å². The van der Waals surface area contributed by atoms with E-state index in [0.29, 0.717) is 17.9 Å². The first-order chi connectivity index (χ1) is 14.1. The standard InChI is InChI=1S/C20H21F3N4O3/c1-12-14(10-27(4)24-12)9-26(3)19(28)18-17(13(2)30-25-18)11-29-16-7-5-6-15(8-16)20(21,22)23/h5-8,10H,9,11H2,1-4H3. The van der Waals surface area contributed by atoms with Crippen LogP contribution in [0, 0.1) is 13.8 Å². The van der Waals surface area contributed by atoms with Crippen LogP contribution in [0.4, 0.5) is 13.2 Å². The molecule has 0 aliphatic rings. The minimum absolute atomic E-state index is 0.0307. The number of rotatable bonds is 6. The van der Waals surface area contributed by atoms with E-state index in [1.165, 1.54) is 17.0 Å². The summed E-state index contributed by atoms with van der Waals surface area (Å²) in [5.41, 5.74) is 1.32. The van der Waals surface area contributed by atoms with Gasteiger partial charge in [0.25, 0.3) is 5.91 Å². The zero-order valence-electron chi connectivity index (χ0n) is 16.9. The molecule has 0 saturated heterocycles. The lowest BCUT2D eigenvalue weighted by molar-refractivity contribution is -0.137. The molecule has 2 aromatic heterocycles. The van der Waals surface area contributed by atoms with Crippen LogP contribution in [0.1, 0.15) is 38.6 Å². The van der Waals surface area contributed by atoms with Crippen molar-refractivity contribution in [3.8, 4) is 5.75 Å². The Labute approximate surface area is 171 Å². The van der Waals surface area contributed by atoms with Crippen LogP contribution in [0.25, 0.3) is 0 Å². The van der Waals surface area contributed by atoms with E-state index in [0.717, 1.165) is 23.4 Å². The first-order valence-electron chi connectivity index (χ1n) is 9.06. The highest BCUT2D eigenvalue weighted by atomic mass is 19.4. The predicted molar refractivity (Wildman–Crippen MR) is 101 cm³/mol. The van der Waals surface area contributed by atoms with Crippen LogP contribution in [0.5, 0.6) is 5.75 Å². The van der Waals surface area contributed by atoms with Crippen molar-refractivity contribution in [1.29, 1.82) is 0 Å². The second-order valence-corrected chi connectivity index (χ2v) is 6.95. The molecule has 0 unspecified atom stereocenters.